The van der Waals surface area contributed by atoms with E-state index in [9.17, 15) is 4.79 Å². The molecule has 0 unspecified atom stereocenters. The Bertz CT molecular complexity index is 1120. The zero-order valence-electron chi connectivity index (χ0n) is 15.2. The lowest BCUT2D eigenvalue weighted by molar-refractivity contribution is -0.124. The topological polar surface area (TPSA) is 90.3 Å². The van der Waals surface area contributed by atoms with Crippen LogP contribution in [0.3, 0.4) is 0 Å². The smallest absolute Gasteiger partial charge is 0.267 e. The second-order valence-corrected chi connectivity index (χ2v) is 6.61. The van der Waals surface area contributed by atoms with E-state index in [1.807, 2.05) is 30.3 Å². The molecule has 4 N–H and O–H groups in total. The van der Waals surface area contributed by atoms with Crippen LogP contribution in [0.1, 0.15) is 16.7 Å². The SMILES string of the molecule is O=C(/C=C/c1ccc(CNCCc2cccc3[nH]c4occc4c23)cc1)NO. The lowest BCUT2D eigenvalue weighted by atomic mass is 10.0. The van der Waals surface area contributed by atoms with E-state index in [1.54, 1.807) is 17.8 Å². The maximum Gasteiger partial charge on any atom is 0.267 e. The molecule has 4 rings (SSSR count). The van der Waals surface area contributed by atoms with E-state index in [1.165, 1.54) is 22.6 Å². The lowest BCUT2D eigenvalue weighted by Crippen LogP contribution is -2.16. The van der Waals surface area contributed by atoms with Crippen LogP contribution in [0, 0.1) is 0 Å². The summed E-state index contributed by atoms with van der Waals surface area (Å²) >= 11 is 0. The Labute approximate surface area is 161 Å². The molecule has 6 nitrogen and oxygen atoms in total. The maximum atomic E-state index is 11.0. The second kappa shape index (κ2) is 8.12. The summed E-state index contributed by atoms with van der Waals surface area (Å²) in [7, 11) is 0. The molecule has 0 saturated carbocycles. The summed E-state index contributed by atoms with van der Waals surface area (Å²) in [4.78, 5) is 14.3. The molecule has 28 heavy (non-hydrogen) atoms. The number of aromatic amines is 1. The maximum absolute atomic E-state index is 11.0. The Hall–Kier alpha value is -3.35. The summed E-state index contributed by atoms with van der Waals surface area (Å²) in [5.41, 5.74) is 6.85. The number of fused-ring (bicyclic) bond motifs is 3. The zero-order valence-corrected chi connectivity index (χ0v) is 15.2. The van der Waals surface area contributed by atoms with Crippen LogP contribution in [0.25, 0.3) is 28.1 Å². The van der Waals surface area contributed by atoms with Gasteiger partial charge in [0, 0.05) is 28.9 Å². The molecule has 1 amide bonds. The van der Waals surface area contributed by atoms with E-state index in [-0.39, 0.29) is 0 Å². The summed E-state index contributed by atoms with van der Waals surface area (Å²) in [6.07, 6.45) is 5.57. The van der Waals surface area contributed by atoms with Gasteiger partial charge in [-0.1, -0.05) is 36.4 Å². The van der Waals surface area contributed by atoms with Crippen molar-refractivity contribution in [1.82, 2.24) is 15.8 Å². The summed E-state index contributed by atoms with van der Waals surface area (Å²) in [6.45, 7) is 1.63. The van der Waals surface area contributed by atoms with E-state index in [4.69, 9.17) is 9.62 Å². The molecule has 0 saturated heterocycles. The Morgan fingerprint density at radius 2 is 2.00 bits per heavy atom. The third-order valence-electron chi connectivity index (χ3n) is 4.75. The highest BCUT2D eigenvalue weighted by Gasteiger charge is 2.10. The lowest BCUT2D eigenvalue weighted by Gasteiger charge is -2.07. The molecule has 4 aromatic rings. The minimum Gasteiger partial charge on any atom is -0.448 e. The Morgan fingerprint density at radius 3 is 2.82 bits per heavy atom. The minimum atomic E-state index is -0.545. The highest BCUT2D eigenvalue weighted by molar-refractivity contribution is 6.07. The summed E-state index contributed by atoms with van der Waals surface area (Å²) in [6, 6.07) is 16.2. The second-order valence-electron chi connectivity index (χ2n) is 6.61. The van der Waals surface area contributed by atoms with Gasteiger partial charge in [0.2, 0.25) is 5.71 Å². The van der Waals surface area contributed by atoms with E-state index in [0.717, 1.165) is 41.7 Å². The van der Waals surface area contributed by atoms with Crippen molar-refractivity contribution in [2.45, 2.75) is 13.0 Å². The van der Waals surface area contributed by atoms with E-state index >= 15 is 0 Å². The van der Waals surface area contributed by atoms with Crippen LogP contribution >= 0.6 is 0 Å². The quantitative estimate of drug-likeness (QED) is 0.171. The monoisotopic (exact) mass is 375 g/mol. The number of nitrogens with one attached hydrogen (secondary N) is 3. The van der Waals surface area contributed by atoms with Crippen molar-refractivity contribution < 1.29 is 14.4 Å². The van der Waals surface area contributed by atoms with E-state index in [0.29, 0.717) is 0 Å². The van der Waals surface area contributed by atoms with Gasteiger partial charge >= 0.3 is 0 Å². The number of carbonyl (C=O) groups excluding carboxylic acids is 1. The number of hydrogen-bond donors (Lipinski definition) is 4. The minimum absolute atomic E-state index is 0.545. The van der Waals surface area contributed by atoms with Crippen molar-refractivity contribution >= 4 is 34.0 Å². The number of amides is 1. The Morgan fingerprint density at radius 1 is 1.14 bits per heavy atom. The normalized spacial score (nSPS) is 11.6. The van der Waals surface area contributed by atoms with Crippen molar-refractivity contribution in [2.24, 2.45) is 0 Å². The molecule has 6 heteroatoms. The molecule has 0 bridgehead atoms. The Kier molecular flexibility index (Phi) is 5.23. The highest BCUT2D eigenvalue weighted by Crippen LogP contribution is 2.29. The van der Waals surface area contributed by atoms with Gasteiger partial charge in [-0.15, -0.1) is 0 Å². The molecule has 0 fully saturated rings. The number of hydroxylamine groups is 1. The van der Waals surface area contributed by atoms with Crippen molar-refractivity contribution in [3.8, 4) is 0 Å². The predicted octanol–water partition coefficient (Wildman–Crippen LogP) is 3.77. The summed E-state index contributed by atoms with van der Waals surface area (Å²) in [5.74, 6) is -0.545. The first-order chi connectivity index (χ1) is 13.7. The molecule has 0 atom stereocenters. The summed E-state index contributed by atoms with van der Waals surface area (Å²) in [5, 5.41) is 14.3. The molecule has 0 aliphatic carbocycles. The van der Waals surface area contributed by atoms with Crippen LogP contribution in [0.2, 0.25) is 0 Å². The van der Waals surface area contributed by atoms with Crippen molar-refractivity contribution in [1.29, 1.82) is 0 Å². The first kappa shape index (κ1) is 18.0. The fourth-order valence-corrected chi connectivity index (χ4v) is 3.37. The van der Waals surface area contributed by atoms with Gasteiger partial charge in [-0.2, -0.15) is 0 Å². The molecule has 0 aliphatic rings. The average molecular weight is 375 g/mol. The number of rotatable bonds is 7. The van der Waals surface area contributed by atoms with Gasteiger partial charge in [0.15, 0.2) is 0 Å². The number of H-pyrrole nitrogens is 1. The fourth-order valence-electron chi connectivity index (χ4n) is 3.37. The third-order valence-corrected chi connectivity index (χ3v) is 4.75. The highest BCUT2D eigenvalue weighted by atomic mass is 16.5. The molecule has 2 heterocycles. The molecule has 0 radical (unpaired) electrons. The van der Waals surface area contributed by atoms with Gasteiger partial charge < -0.3 is 14.7 Å². The van der Waals surface area contributed by atoms with Crippen molar-refractivity contribution in [2.75, 3.05) is 6.54 Å². The molecule has 142 valence electrons. The number of aromatic nitrogens is 1. The number of hydrogen-bond acceptors (Lipinski definition) is 4. The molecule has 0 aliphatic heterocycles. The van der Waals surface area contributed by atoms with Crippen LogP contribution in [0.15, 0.2) is 65.3 Å². The third kappa shape index (κ3) is 3.83. The molecule has 0 spiro atoms. The van der Waals surface area contributed by atoms with Gasteiger partial charge in [-0.05, 0) is 47.9 Å². The van der Waals surface area contributed by atoms with Gasteiger partial charge in [-0.25, -0.2) is 5.48 Å². The van der Waals surface area contributed by atoms with Crippen molar-refractivity contribution in [3.05, 3.63) is 77.6 Å². The van der Waals surface area contributed by atoms with Crippen LogP contribution in [0.5, 0.6) is 0 Å². The van der Waals surface area contributed by atoms with Crippen LogP contribution < -0.4 is 10.8 Å². The first-order valence-corrected chi connectivity index (χ1v) is 9.13. The van der Waals surface area contributed by atoms with Gasteiger partial charge in [0.1, 0.15) is 0 Å². The fraction of sp³-hybridized carbons (Fsp3) is 0.136. The predicted molar refractivity (Wildman–Crippen MR) is 109 cm³/mol. The van der Waals surface area contributed by atoms with Crippen LogP contribution in [0.4, 0.5) is 0 Å². The van der Waals surface area contributed by atoms with Crippen LogP contribution in [-0.4, -0.2) is 22.6 Å². The van der Waals surface area contributed by atoms with Crippen LogP contribution in [-0.2, 0) is 17.8 Å². The largest absolute Gasteiger partial charge is 0.448 e. The number of benzene rings is 2. The molecular formula is C22H21N3O3. The van der Waals surface area contributed by atoms with Crippen molar-refractivity contribution in [3.63, 3.8) is 0 Å². The Balaban J connectivity index is 1.34. The van der Waals surface area contributed by atoms with E-state index < -0.39 is 5.91 Å². The van der Waals surface area contributed by atoms with Gasteiger partial charge in [0.05, 0.1) is 6.26 Å². The molecular weight excluding hydrogens is 354 g/mol. The average Bonchev–Trinajstić information content (AvgIpc) is 3.31. The standard InChI is InChI=1S/C22H21N3O3/c26-20(25-27)9-8-15-4-6-16(7-5-15)14-23-12-10-17-2-1-3-19-21(17)18-11-13-28-22(18)24-19/h1-9,11,13,23-24,27H,10,12,14H2,(H,25,26)/b9-8+. The number of furan rings is 1. The van der Waals surface area contributed by atoms with Gasteiger partial charge in [0.25, 0.3) is 5.91 Å². The molecule has 2 aromatic heterocycles. The summed E-state index contributed by atoms with van der Waals surface area (Å²) < 4.78 is 5.48. The van der Waals surface area contributed by atoms with Gasteiger partial charge in [-0.3, -0.25) is 10.0 Å². The first-order valence-electron chi connectivity index (χ1n) is 9.13. The van der Waals surface area contributed by atoms with E-state index in [2.05, 4.69) is 28.5 Å². The molecule has 2 aromatic carbocycles. The number of carbonyl (C=O) groups is 1. The zero-order chi connectivity index (χ0) is 19.3.